The maximum atomic E-state index is 6.22. The normalized spacial score (nSPS) is 14.1. The van der Waals surface area contributed by atoms with E-state index in [1.54, 1.807) is 11.8 Å². The van der Waals surface area contributed by atoms with Gasteiger partial charge in [-0.25, -0.2) is 9.98 Å². The van der Waals surface area contributed by atoms with E-state index in [1.165, 1.54) is 11.3 Å². The third kappa shape index (κ3) is 3.91. The first kappa shape index (κ1) is 18.7. The number of hydrogen-bond donors (Lipinski definition) is 1. The molecule has 1 aliphatic rings. The fourth-order valence-corrected chi connectivity index (χ4v) is 5.02. The molecule has 0 amide bonds. The fourth-order valence-electron chi connectivity index (χ4n) is 3.01. The summed E-state index contributed by atoms with van der Waals surface area (Å²) >= 11 is 15.4. The van der Waals surface area contributed by atoms with Crippen LogP contribution in [0.3, 0.4) is 0 Å². The van der Waals surface area contributed by atoms with Crippen molar-refractivity contribution in [3.8, 4) is 11.3 Å². The highest BCUT2D eigenvalue weighted by Gasteiger charge is 2.19. The molecule has 0 atom stereocenters. The Balaban J connectivity index is 1.57. The molecule has 1 aliphatic heterocycles. The van der Waals surface area contributed by atoms with Gasteiger partial charge in [-0.05, 0) is 36.4 Å². The van der Waals surface area contributed by atoms with Crippen LogP contribution in [0, 0.1) is 0 Å². The number of aliphatic imine (C=N–C) groups is 1. The van der Waals surface area contributed by atoms with Crippen LogP contribution in [0.2, 0.25) is 10.0 Å². The first-order valence-corrected chi connectivity index (χ1v) is 11.2. The van der Waals surface area contributed by atoms with Crippen LogP contribution in [-0.2, 0) is 0 Å². The second kappa shape index (κ2) is 7.84. The van der Waals surface area contributed by atoms with E-state index in [2.05, 4.69) is 17.4 Å². The lowest BCUT2D eigenvalue weighted by molar-refractivity contribution is 1.33. The summed E-state index contributed by atoms with van der Waals surface area (Å²) in [5, 5.41) is 7.53. The molecule has 0 bridgehead atoms. The van der Waals surface area contributed by atoms with Crippen LogP contribution >= 0.6 is 46.3 Å². The Morgan fingerprint density at radius 2 is 1.66 bits per heavy atom. The van der Waals surface area contributed by atoms with Crippen LogP contribution in [0.1, 0.15) is 5.56 Å². The summed E-state index contributed by atoms with van der Waals surface area (Å²) in [6.07, 6.45) is 0. The van der Waals surface area contributed by atoms with E-state index in [0.717, 1.165) is 38.1 Å². The second-order valence-corrected chi connectivity index (χ2v) is 9.14. The van der Waals surface area contributed by atoms with Crippen LogP contribution in [0.25, 0.3) is 11.3 Å². The zero-order chi connectivity index (χ0) is 19.8. The number of nitrogens with zero attached hydrogens (tertiary/aromatic N) is 2. The lowest BCUT2D eigenvalue weighted by Crippen LogP contribution is -2.13. The number of thiazole rings is 1. The van der Waals surface area contributed by atoms with E-state index in [9.17, 15) is 0 Å². The van der Waals surface area contributed by atoms with E-state index >= 15 is 0 Å². The van der Waals surface area contributed by atoms with Crippen molar-refractivity contribution in [3.05, 3.63) is 87.7 Å². The number of amidine groups is 1. The molecule has 29 heavy (non-hydrogen) atoms. The van der Waals surface area contributed by atoms with Gasteiger partial charge in [0.15, 0.2) is 0 Å². The molecule has 2 heterocycles. The molecule has 0 radical (unpaired) electrons. The summed E-state index contributed by atoms with van der Waals surface area (Å²) < 4.78 is 0. The summed E-state index contributed by atoms with van der Waals surface area (Å²) in [5.74, 6) is 0.756. The van der Waals surface area contributed by atoms with Crippen molar-refractivity contribution < 1.29 is 0 Å². The van der Waals surface area contributed by atoms with Gasteiger partial charge in [0.2, 0.25) is 5.13 Å². The van der Waals surface area contributed by atoms with Crippen LogP contribution in [0.15, 0.2) is 86.9 Å². The van der Waals surface area contributed by atoms with Crippen molar-refractivity contribution in [2.75, 3.05) is 5.32 Å². The minimum Gasteiger partial charge on any atom is -0.339 e. The molecule has 0 saturated carbocycles. The molecular weight excluding hydrogens is 441 g/mol. The first-order chi connectivity index (χ1) is 14.2. The minimum absolute atomic E-state index is 0.682. The molecular formula is C22H13Cl2N3S2. The predicted molar refractivity (Wildman–Crippen MR) is 124 cm³/mol. The maximum absolute atomic E-state index is 6.22. The van der Waals surface area contributed by atoms with Crippen molar-refractivity contribution in [1.82, 2.24) is 4.98 Å². The van der Waals surface area contributed by atoms with E-state index in [0.29, 0.717) is 15.2 Å². The van der Waals surface area contributed by atoms with Gasteiger partial charge in [-0.15, -0.1) is 11.3 Å². The topological polar surface area (TPSA) is 37.3 Å². The number of anilines is 1. The van der Waals surface area contributed by atoms with Gasteiger partial charge in [0, 0.05) is 36.3 Å². The average Bonchev–Trinajstić information content (AvgIpc) is 3.13. The molecule has 142 valence electrons. The Labute approximate surface area is 186 Å². The van der Waals surface area contributed by atoms with Crippen molar-refractivity contribution in [1.29, 1.82) is 0 Å². The number of halogens is 2. The van der Waals surface area contributed by atoms with Gasteiger partial charge in [0.05, 0.1) is 11.4 Å². The average molecular weight is 454 g/mol. The Kier molecular flexibility index (Phi) is 5.06. The van der Waals surface area contributed by atoms with E-state index in [-0.39, 0.29) is 0 Å². The lowest BCUT2D eigenvalue weighted by atomic mass is 10.2. The molecule has 0 unspecified atom stereocenters. The molecule has 3 nitrogen and oxygen atoms in total. The monoisotopic (exact) mass is 453 g/mol. The van der Waals surface area contributed by atoms with Gasteiger partial charge >= 0.3 is 0 Å². The number of aromatic nitrogens is 1. The number of benzene rings is 3. The summed E-state index contributed by atoms with van der Waals surface area (Å²) in [7, 11) is 0. The van der Waals surface area contributed by atoms with Crippen LogP contribution in [0.5, 0.6) is 0 Å². The predicted octanol–water partition coefficient (Wildman–Crippen LogP) is 7.77. The van der Waals surface area contributed by atoms with E-state index in [1.807, 2.05) is 60.0 Å². The van der Waals surface area contributed by atoms with Crippen molar-refractivity contribution in [2.24, 2.45) is 4.99 Å². The van der Waals surface area contributed by atoms with Crippen molar-refractivity contribution >= 4 is 63.0 Å². The van der Waals surface area contributed by atoms with Gasteiger partial charge in [0.1, 0.15) is 5.84 Å². The Hall–Kier alpha value is -2.31. The molecule has 0 fully saturated rings. The van der Waals surface area contributed by atoms with Gasteiger partial charge < -0.3 is 5.32 Å². The quantitative estimate of drug-likeness (QED) is 0.336. The standard InChI is InChI=1S/C22H13Cl2N3S2/c23-14-7-5-13(6-8-14)18-12-28-22(26-18)27-21-16-3-1-2-4-19(16)29-20-10-9-15(24)11-17(20)25-21/h1-12H,(H,25,26,27). The van der Waals surface area contributed by atoms with Gasteiger partial charge in [0.25, 0.3) is 0 Å². The Bertz CT molecular complexity index is 1230. The summed E-state index contributed by atoms with van der Waals surface area (Å²) in [6.45, 7) is 0. The summed E-state index contributed by atoms with van der Waals surface area (Å²) in [5.41, 5.74) is 3.87. The van der Waals surface area contributed by atoms with Crippen LogP contribution < -0.4 is 5.32 Å². The molecule has 7 heteroatoms. The van der Waals surface area contributed by atoms with Gasteiger partial charge in [-0.3, -0.25) is 0 Å². The highest BCUT2D eigenvalue weighted by Crippen LogP contribution is 2.40. The van der Waals surface area contributed by atoms with E-state index < -0.39 is 0 Å². The number of rotatable bonds is 2. The zero-order valence-electron chi connectivity index (χ0n) is 14.9. The smallest absolute Gasteiger partial charge is 0.211 e. The molecule has 4 aromatic rings. The van der Waals surface area contributed by atoms with Gasteiger partial charge in [-0.2, -0.15) is 0 Å². The van der Waals surface area contributed by atoms with Crippen LogP contribution in [0.4, 0.5) is 10.8 Å². The maximum Gasteiger partial charge on any atom is 0.211 e. The number of fused-ring (bicyclic) bond motifs is 2. The molecule has 5 rings (SSSR count). The van der Waals surface area contributed by atoms with Crippen molar-refractivity contribution in [2.45, 2.75) is 9.79 Å². The molecule has 0 saturated heterocycles. The Morgan fingerprint density at radius 1 is 0.862 bits per heavy atom. The minimum atomic E-state index is 0.682. The molecule has 1 N–H and O–H groups in total. The number of nitrogens with one attached hydrogen (secondary N) is 1. The first-order valence-electron chi connectivity index (χ1n) is 8.80. The lowest BCUT2D eigenvalue weighted by Gasteiger charge is -2.09. The SMILES string of the molecule is Clc1ccc(-c2csc(/N=C3\Nc4cc(Cl)ccc4Sc4ccccc43)n2)cc1. The third-order valence-corrected chi connectivity index (χ3v) is 6.77. The van der Waals surface area contributed by atoms with E-state index in [4.69, 9.17) is 33.2 Å². The molecule has 0 aliphatic carbocycles. The summed E-state index contributed by atoms with van der Waals surface area (Å²) in [6, 6.07) is 21.7. The molecule has 3 aromatic carbocycles. The largest absolute Gasteiger partial charge is 0.339 e. The zero-order valence-corrected chi connectivity index (χ0v) is 18.0. The molecule has 0 spiro atoms. The molecule has 1 aromatic heterocycles. The highest BCUT2D eigenvalue weighted by atomic mass is 35.5. The van der Waals surface area contributed by atoms with Gasteiger partial charge in [-0.1, -0.05) is 65.3 Å². The number of hydrogen-bond acceptors (Lipinski definition) is 4. The third-order valence-electron chi connectivity index (χ3n) is 4.40. The Morgan fingerprint density at radius 3 is 2.52 bits per heavy atom. The summed E-state index contributed by atoms with van der Waals surface area (Å²) in [4.78, 5) is 11.8. The highest BCUT2D eigenvalue weighted by molar-refractivity contribution is 7.99. The fraction of sp³-hybridized carbons (Fsp3) is 0. The second-order valence-electron chi connectivity index (χ2n) is 6.35. The van der Waals surface area contributed by atoms with Crippen LogP contribution in [-0.4, -0.2) is 10.8 Å². The van der Waals surface area contributed by atoms with Crippen molar-refractivity contribution in [3.63, 3.8) is 0 Å².